The lowest BCUT2D eigenvalue weighted by atomic mass is 9.85. The van der Waals surface area contributed by atoms with Gasteiger partial charge in [0.15, 0.2) is 0 Å². The second-order valence-corrected chi connectivity index (χ2v) is 4.78. The molecule has 0 aliphatic carbocycles. The minimum Gasteiger partial charge on any atom is -0.469 e. The summed E-state index contributed by atoms with van der Waals surface area (Å²) in [5.41, 5.74) is 1.31. The van der Waals surface area contributed by atoms with Crippen molar-refractivity contribution in [3.63, 3.8) is 0 Å². The topological polar surface area (TPSA) is 29.5 Å². The van der Waals surface area contributed by atoms with Gasteiger partial charge in [0.2, 0.25) is 0 Å². The fourth-order valence-corrected chi connectivity index (χ4v) is 2.62. The molecule has 0 unspecified atom stereocenters. The highest BCUT2D eigenvalue weighted by molar-refractivity contribution is 5.72. The van der Waals surface area contributed by atoms with Gasteiger partial charge in [-0.1, -0.05) is 30.3 Å². The quantitative estimate of drug-likeness (QED) is 0.731. The number of hydrogen-bond acceptors (Lipinski definition) is 3. The summed E-state index contributed by atoms with van der Waals surface area (Å²) >= 11 is 0. The Kier molecular flexibility index (Phi) is 3.79. The second-order valence-electron chi connectivity index (χ2n) is 4.78. The van der Waals surface area contributed by atoms with Gasteiger partial charge < -0.3 is 9.64 Å². The van der Waals surface area contributed by atoms with Gasteiger partial charge in [-0.15, -0.1) is 0 Å². The van der Waals surface area contributed by atoms with Crippen LogP contribution in [0.3, 0.4) is 0 Å². The smallest absolute Gasteiger partial charge is 0.309 e. The molecule has 92 valence electrons. The summed E-state index contributed by atoms with van der Waals surface area (Å²) in [6.45, 7) is 1.81. The maximum absolute atomic E-state index is 11.6. The number of rotatable bonds is 2. The van der Waals surface area contributed by atoms with E-state index in [-0.39, 0.29) is 11.9 Å². The molecule has 3 heteroatoms. The predicted molar refractivity (Wildman–Crippen MR) is 66.8 cm³/mol. The van der Waals surface area contributed by atoms with E-state index in [0.717, 1.165) is 19.5 Å². The minimum absolute atomic E-state index is 0.00366. The van der Waals surface area contributed by atoms with Gasteiger partial charge in [-0.25, -0.2) is 0 Å². The average Bonchev–Trinajstić information content (AvgIpc) is 2.38. The molecule has 17 heavy (non-hydrogen) atoms. The first kappa shape index (κ1) is 12.1. The van der Waals surface area contributed by atoms with E-state index in [1.165, 1.54) is 12.7 Å². The third kappa shape index (κ3) is 2.86. The minimum atomic E-state index is -0.0857. The van der Waals surface area contributed by atoms with Gasteiger partial charge in [0.1, 0.15) is 0 Å². The van der Waals surface area contributed by atoms with Gasteiger partial charge in [0.05, 0.1) is 13.0 Å². The van der Waals surface area contributed by atoms with E-state index >= 15 is 0 Å². The Balaban J connectivity index is 2.11. The summed E-state index contributed by atoms with van der Waals surface area (Å²) in [4.78, 5) is 13.9. The largest absolute Gasteiger partial charge is 0.469 e. The van der Waals surface area contributed by atoms with Crippen molar-refractivity contribution < 1.29 is 9.53 Å². The molecule has 1 aliphatic heterocycles. The highest BCUT2D eigenvalue weighted by Gasteiger charge is 2.31. The van der Waals surface area contributed by atoms with Crippen molar-refractivity contribution >= 4 is 5.97 Å². The van der Waals surface area contributed by atoms with E-state index in [1.807, 2.05) is 6.07 Å². The Labute approximate surface area is 102 Å². The maximum Gasteiger partial charge on any atom is 0.309 e. The van der Waals surface area contributed by atoms with Crippen LogP contribution in [0.15, 0.2) is 30.3 Å². The van der Waals surface area contributed by atoms with Crippen LogP contribution in [0.1, 0.15) is 17.9 Å². The molecular weight excluding hydrogens is 214 g/mol. The van der Waals surface area contributed by atoms with Gasteiger partial charge in [-0.3, -0.25) is 4.79 Å². The average molecular weight is 233 g/mol. The van der Waals surface area contributed by atoms with Crippen molar-refractivity contribution in [1.82, 2.24) is 4.90 Å². The van der Waals surface area contributed by atoms with Crippen LogP contribution in [0, 0.1) is 5.92 Å². The van der Waals surface area contributed by atoms with Gasteiger partial charge in [-0.05, 0) is 24.9 Å². The first-order valence-corrected chi connectivity index (χ1v) is 6.02. The monoisotopic (exact) mass is 233 g/mol. The zero-order chi connectivity index (χ0) is 12.3. The molecule has 0 radical (unpaired) electrons. The Morgan fingerprint density at radius 3 is 2.65 bits per heavy atom. The lowest BCUT2D eigenvalue weighted by Crippen LogP contribution is -2.40. The van der Waals surface area contributed by atoms with Crippen molar-refractivity contribution in [3.05, 3.63) is 35.9 Å². The number of piperidine rings is 1. The molecule has 2 atom stereocenters. The van der Waals surface area contributed by atoms with Gasteiger partial charge >= 0.3 is 5.97 Å². The van der Waals surface area contributed by atoms with Crippen LogP contribution in [0.25, 0.3) is 0 Å². The predicted octanol–water partition coefficient (Wildman–Crippen LogP) is 1.89. The molecule has 0 spiro atoms. The summed E-state index contributed by atoms with van der Waals surface area (Å²) in [6, 6.07) is 10.4. The van der Waals surface area contributed by atoms with E-state index in [2.05, 4.69) is 36.2 Å². The fraction of sp³-hybridized carbons (Fsp3) is 0.500. The first-order chi connectivity index (χ1) is 8.20. The zero-order valence-electron chi connectivity index (χ0n) is 10.4. The van der Waals surface area contributed by atoms with Crippen LogP contribution in [0.2, 0.25) is 0 Å². The number of ether oxygens (including phenoxy) is 1. The molecule has 1 aromatic rings. The number of methoxy groups -OCH3 is 1. The molecule has 1 heterocycles. The molecule has 1 fully saturated rings. The van der Waals surface area contributed by atoms with Crippen molar-refractivity contribution in [2.45, 2.75) is 12.3 Å². The number of hydrogen-bond donors (Lipinski definition) is 0. The third-order valence-corrected chi connectivity index (χ3v) is 3.44. The number of nitrogens with zero attached hydrogens (tertiary/aromatic N) is 1. The normalized spacial score (nSPS) is 25.5. The molecule has 1 aromatic carbocycles. The number of likely N-dealkylation sites (N-methyl/N-ethyl adjacent to an activating group) is 1. The van der Waals surface area contributed by atoms with E-state index in [9.17, 15) is 4.79 Å². The van der Waals surface area contributed by atoms with E-state index in [0.29, 0.717) is 5.92 Å². The van der Waals surface area contributed by atoms with Gasteiger partial charge in [-0.2, -0.15) is 0 Å². The number of likely N-dealkylation sites (tertiary alicyclic amines) is 1. The Morgan fingerprint density at radius 1 is 1.29 bits per heavy atom. The second kappa shape index (κ2) is 5.32. The van der Waals surface area contributed by atoms with Crippen LogP contribution in [-0.2, 0) is 9.53 Å². The van der Waals surface area contributed by atoms with E-state index in [1.54, 1.807) is 0 Å². The summed E-state index contributed by atoms with van der Waals surface area (Å²) in [5, 5.41) is 0. The Bertz CT molecular complexity index is 377. The number of esters is 1. The highest BCUT2D eigenvalue weighted by Crippen LogP contribution is 2.29. The van der Waals surface area contributed by atoms with E-state index in [4.69, 9.17) is 4.74 Å². The Morgan fingerprint density at radius 2 is 2.00 bits per heavy atom. The standard InChI is InChI=1S/C14H19NO2/c1-15-9-12(11-6-4-3-5-7-11)8-13(10-15)14(16)17-2/h3-7,12-13H,8-10H2,1-2H3/t12-,13+/m0/s1. The molecule has 1 saturated heterocycles. The van der Waals surface area contributed by atoms with Crippen LogP contribution >= 0.6 is 0 Å². The molecule has 1 aliphatic rings. The van der Waals surface area contributed by atoms with Crippen LogP contribution in [0.4, 0.5) is 0 Å². The number of carbonyl (C=O) groups excluding carboxylic acids is 1. The third-order valence-electron chi connectivity index (χ3n) is 3.44. The molecule has 0 bridgehead atoms. The summed E-state index contributed by atoms with van der Waals surface area (Å²) in [7, 11) is 3.53. The molecule has 3 nitrogen and oxygen atoms in total. The molecular formula is C14H19NO2. The lowest BCUT2D eigenvalue weighted by molar-refractivity contribution is -0.147. The van der Waals surface area contributed by atoms with Crippen LogP contribution < -0.4 is 0 Å². The number of carbonyl (C=O) groups is 1. The van der Waals surface area contributed by atoms with Crippen LogP contribution in [0.5, 0.6) is 0 Å². The molecule has 0 aromatic heterocycles. The molecule has 0 N–H and O–H groups in total. The van der Waals surface area contributed by atoms with Crippen molar-refractivity contribution in [2.24, 2.45) is 5.92 Å². The highest BCUT2D eigenvalue weighted by atomic mass is 16.5. The number of benzene rings is 1. The molecule has 2 rings (SSSR count). The van der Waals surface area contributed by atoms with Crippen LogP contribution in [-0.4, -0.2) is 38.1 Å². The van der Waals surface area contributed by atoms with Gasteiger partial charge in [0, 0.05) is 13.1 Å². The fourth-order valence-electron chi connectivity index (χ4n) is 2.62. The van der Waals surface area contributed by atoms with Gasteiger partial charge in [0.25, 0.3) is 0 Å². The molecule has 0 amide bonds. The summed E-state index contributed by atoms with van der Waals surface area (Å²) < 4.78 is 4.86. The van der Waals surface area contributed by atoms with E-state index < -0.39 is 0 Å². The first-order valence-electron chi connectivity index (χ1n) is 6.02. The lowest BCUT2D eigenvalue weighted by Gasteiger charge is -2.34. The summed E-state index contributed by atoms with van der Waals surface area (Å²) in [5.74, 6) is 0.348. The SMILES string of the molecule is COC(=O)[C@@H]1C[C@H](c2ccccc2)CN(C)C1. The maximum atomic E-state index is 11.6. The Hall–Kier alpha value is -1.35. The summed E-state index contributed by atoms with van der Waals surface area (Å²) in [6.07, 6.45) is 0.890. The van der Waals surface area contributed by atoms with Crippen molar-refractivity contribution in [2.75, 3.05) is 27.2 Å². The van der Waals surface area contributed by atoms with Crippen molar-refractivity contribution in [3.8, 4) is 0 Å². The van der Waals surface area contributed by atoms with Crippen molar-refractivity contribution in [1.29, 1.82) is 0 Å². The molecule has 0 saturated carbocycles. The zero-order valence-corrected chi connectivity index (χ0v) is 10.4.